The molecule has 0 spiro atoms. The average molecular weight is 217 g/mol. The third-order valence-electron chi connectivity index (χ3n) is 2.63. The molecule has 14 heavy (non-hydrogen) atoms. The lowest BCUT2D eigenvalue weighted by Crippen LogP contribution is -2.29. The second-order valence-corrected chi connectivity index (χ2v) is 3.59. The monoisotopic (exact) mass is 216 g/mol. The summed E-state index contributed by atoms with van der Waals surface area (Å²) in [5, 5.41) is 10.2. The van der Waals surface area contributed by atoms with Crippen molar-refractivity contribution in [2.45, 2.75) is 19.0 Å². The first kappa shape index (κ1) is 11.5. The zero-order valence-corrected chi connectivity index (χ0v) is 9.18. The summed E-state index contributed by atoms with van der Waals surface area (Å²) in [6.07, 6.45) is 3.06. The van der Waals surface area contributed by atoms with Crippen molar-refractivity contribution >= 4 is 12.4 Å². The van der Waals surface area contributed by atoms with Crippen LogP contribution in [0.1, 0.15) is 12.1 Å². The van der Waals surface area contributed by atoms with E-state index < -0.39 is 0 Å². The van der Waals surface area contributed by atoms with Gasteiger partial charge in [0.2, 0.25) is 0 Å². The lowest BCUT2D eigenvalue weighted by Gasteiger charge is -2.14. The fraction of sp³-hybridized carbons (Fsp3) is 0.667. The van der Waals surface area contributed by atoms with Gasteiger partial charge in [0.05, 0.1) is 0 Å². The first-order valence-electron chi connectivity index (χ1n) is 4.76. The molecule has 2 heterocycles. The minimum Gasteiger partial charge on any atom is -0.316 e. The van der Waals surface area contributed by atoms with E-state index in [9.17, 15) is 0 Å². The van der Waals surface area contributed by atoms with Gasteiger partial charge in [0.15, 0.2) is 0 Å². The molecule has 0 bridgehead atoms. The van der Waals surface area contributed by atoms with Gasteiger partial charge in [-0.2, -0.15) is 5.10 Å². The summed E-state index contributed by atoms with van der Waals surface area (Å²) < 4.78 is 0. The summed E-state index contributed by atoms with van der Waals surface area (Å²) in [6.45, 7) is 3.33. The molecule has 2 rings (SSSR count). The quantitative estimate of drug-likeness (QED) is 0.779. The van der Waals surface area contributed by atoms with Gasteiger partial charge in [-0.15, -0.1) is 12.4 Å². The van der Waals surface area contributed by atoms with Crippen LogP contribution in [0.2, 0.25) is 0 Å². The zero-order chi connectivity index (χ0) is 9.10. The standard InChI is InChI=1S/C9H16N4.ClH/c1-10-8-3-5-13(6-8)7-9-2-4-11-12-9;/h2,4,8,10H,3,5-7H2,1H3,(H,11,12);1H. The molecule has 5 heteroatoms. The SMILES string of the molecule is CNC1CCN(Cc2ccn[nH]2)C1.Cl. The number of hydrogen-bond acceptors (Lipinski definition) is 3. The number of likely N-dealkylation sites (N-methyl/N-ethyl adjacent to an activating group) is 1. The molecule has 0 radical (unpaired) electrons. The van der Waals surface area contributed by atoms with E-state index in [1.807, 2.05) is 13.1 Å². The van der Waals surface area contributed by atoms with Crippen molar-refractivity contribution in [3.63, 3.8) is 0 Å². The van der Waals surface area contributed by atoms with Crippen molar-refractivity contribution in [3.05, 3.63) is 18.0 Å². The van der Waals surface area contributed by atoms with Gasteiger partial charge in [-0.1, -0.05) is 0 Å². The molecule has 0 aliphatic carbocycles. The van der Waals surface area contributed by atoms with Crippen LogP contribution in [0.25, 0.3) is 0 Å². The first-order chi connectivity index (χ1) is 6.38. The lowest BCUT2D eigenvalue weighted by molar-refractivity contribution is 0.318. The minimum absolute atomic E-state index is 0. The van der Waals surface area contributed by atoms with E-state index in [0.717, 1.165) is 13.1 Å². The van der Waals surface area contributed by atoms with Crippen LogP contribution in [0.3, 0.4) is 0 Å². The van der Waals surface area contributed by atoms with Crippen LogP contribution in [0.4, 0.5) is 0 Å². The maximum atomic E-state index is 3.94. The van der Waals surface area contributed by atoms with Crippen LogP contribution in [0, 0.1) is 0 Å². The van der Waals surface area contributed by atoms with Gasteiger partial charge < -0.3 is 5.32 Å². The van der Waals surface area contributed by atoms with E-state index in [1.54, 1.807) is 6.20 Å². The van der Waals surface area contributed by atoms with E-state index in [0.29, 0.717) is 6.04 Å². The number of hydrogen-bond donors (Lipinski definition) is 2. The maximum Gasteiger partial charge on any atom is 0.0492 e. The predicted molar refractivity (Wildman–Crippen MR) is 58.6 cm³/mol. The Morgan fingerprint density at radius 2 is 2.57 bits per heavy atom. The molecule has 1 saturated heterocycles. The second-order valence-electron chi connectivity index (χ2n) is 3.59. The number of H-pyrrole nitrogens is 1. The van der Waals surface area contributed by atoms with E-state index in [4.69, 9.17) is 0 Å². The second kappa shape index (κ2) is 5.34. The Labute approximate surface area is 90.5 Å². The van der Waals surface area contributed by atoms with Crippen molar-refractivity contribution in [1.82, 2.24) is 20.4 Å². The molecule has 1 aliphatic heterocycles. The Morgan fingerprint density at radius 1 is 1.71 bits per heavy atom. The summed E-state index contributed by atoms with van der Waals surface area (Å²) in [5.74, 6) is 0. The summed E-state index contributed by atoms with van der Waals surface area (Å²) in [7, 11) is 2.03. The summed E-state index contributed by atoms with van der Waals surface area (Å²) in [4.78, 5) is 2.44. The van der Waals surface area contributed by atoms with Crippen molar-refractivity contribution in [3.8, 4) is 0 Å². The molecule has 0 amide bonds. The summed E-state index contributed by atoms with van der Waals surface area (Å²) in [5.41, 5.74) is 1.21. The molecule has 80 valence electrons. The van der Waals surface area contributed by atoms with Gasteiger partial charge in [-0.05, 0) is 19.5 Å². The van der Waals surface area contributed by atoms with E-state index in [-0.39, 0.29) is 12.4 Å². The van der Waals surface area contributed by atoms with Crippen LogP contribution in [0.5, 0.6) is 0 Å². The Hall–Kier alpha value is -0.580. The maximum absolute atomic E-state index is 3.94. The normalized spacial score (nSPS) is 22.2. The molecule has 4 nitrogen and oxygen atoms in total. The Kier molecular flexibility index (Phi) is 4.38. The van der Waals surface area contributed by atoms with E-state index >= 15 is 0 Å². The number of nitrogens with zero attached hydrogens (tertiary/aromatic N) is 2. The molecule has 1 aromatic rings. The number of nitrogens with one attached hydrogen (secondary N) is 2. The molecular formula is C9H17ClN4. The molecule has 1 atom stereocenters. The van der Waals surface area contributed by atoms with Crippen LogP contribution < -0.4 is 5.32 Å². The zero-order valence-electron chi connectivity index (χ0n) is 8.36. The molecule has 1 aromatic heterocycles. The van der Waals surface area contributed by atoms with Crippen molar-refractivity contribution in [1.29, 1.82) is 0 Å². The summed E-state index contributed by atoms with van der Waals surface area (Å²) >= 11 is 0. The first-order valence-corrected chi connectivity index (χ1v) is 4.76. The summed E-state index contributed by atoms with van der Waals surface area (Å²) in [6, 6.07) is 2.70. The molecule has 1 aliphatic rings. The smallest absolute Gasteiger partial charge is 0.0492 e. The van der Waals surface area contributed by atoms with Gasteiger partial charge in [0, 0.05) is 37.6 Å². The molecule has 0 aromatic carbocycles. The number of aromatic amines is 1. The van der Waals surface area contributed by atoms with Crippen molar-refractivity contribution < 1.29 is 0 Å². The Bertz CT molecular complexity index is 249. The van der Waals surface area contributed by atoms with Gasteiger partial charge in [-0.3, -0.25) is 10.00 Å². The minimum atomic E-state index is 0. The van der Waals surface area contributed by atoms with E-state index in [2.05, 4.69) is 20.4 Å². The molecule has 1 unspecified atom stereocenters. The highest BCUT2D eigenvalue weighted by atomic mass is 35.5. The highest BCUT2D eigenvalue weighted by Gasteiger charge is 2.20. The number of rotatable bonds is 3. The fourth-order valence-electron chi connectivity index (χ4n) is 1.83. The predicted octanol–water partition coefficient (Wildman–Crippen LogP) is 0.625. The Morgan fingerprint density at radius 3 is 3.14 bits per heavy atom. The van der Waals surface area contributed by atoms with Crippen LogP contribution in [-0.2, 0) is 6.54 Å². The molecule has 1 fully saturated rings. The third kappa shape index (κ3) is 2.70. The van der Waals surface area contributed by atoms with Crippen LogP contribution in [0.15, 0.2) is 12.3 Å². The third-order valence-corrected chi connectivity index (χ3v) is 2.63. The molecular weight excluding hydrogens is 200 g/mol. The van der Waals surface area contributed by atoms with Gasteiger partial charge >= 0.3 is 0 Å². The number of aromatic nitrogens is 2. The van der Waals surface area contributed by atoms with Gasteiger partial charge in [-0.25, -0.2) is 0 Å². The lowest BCUT2D eigenvalue weighted by atomic mass is 10.3. The van der Waals surface area contributed by atoms with Crippen LogP contribution >= 0.6 is 12.4 Å². The number of likely N-dealkylation sites (tertiary alicyclic amines) is 1. The largest absolute Gasteiger partial charge is 0.316 e. The van der Waals surface area contributed by atoms with Crippen molar-refractivity contribution in [2.75, 3.05) is 20.1 Å². The fourth-order valence-corrected chi connectivity index (χ4v) is 1.83. The highest BCUT2D eigenvalue weighted by Crippen LogP contribution is 2.11. The highest BCUT2D eigenvalue weighted by molar-refractivity contribution is 5.85. The van der Waals surface area contributed by atoms with Gasteiger partial charge in [0.25, 0.3) is 0 Å². The number of halogens is 1. The molecule has 0 saturated carbocycles. The topological polar surface area (TPSA) is 44.0 Å². The van der Waals surface area contributed by atoms with Crippen molar-refractivity contribution in [2.24, 2.45) is 0 Å². The van der Waals surface area contributed by atoms with Crippen LogP contribution in [-0.4, -0.2) is 41.3 Å². The van der Waals surface area contributed by atoms with E-state index in [1.165, 1.54) is 18.7 Å². The molecule has 2 N–H and O–H groups in total. The van der Waals surface area contributed by atoms with Gasteiger partial charge in [0.1, 0.15) is 0 Å². The average Bonchev–Trinajstić information content (AvgIpc) is 2.76. The Balaban J connectivity index is 0.000000980.